The van der Waals surface area contributed by atoms with Gasteiger partial charge in [-0.05, 0) is 35.1 Å². The second-order valence-electron chi connectivity index (χ2n) is 7.44. The summed E-state index contributed by atoms with van der Waals surface area (Å²) in [6.45, 7) is 3.56. The molecule has 0 aromatic heterocycles. The molecular weight excluding hydrogens is 364 g/mol. The highest BCUT2D eigenvalue weighted by Gasteiger charge is 2.28. The Morgan fingerprint density at radius 1 is 0.857 bits per heavy atom. The Bertz CT molecular complexity index is 736. The average Bonchev–Trinajstić information content (AvgIpc) is 2.72. The minimum absolute atomic E-state index is 0.288. The Hall–Kier alpha value is -1.79. The van der Waals surface area contributed by atoms with Crippen LogP contribution in [0.5, 0.6) is 0 Å². The van der Waals surface area contributed by atoms with Crippen molar-refractivity contribution in [1.29, 1.82) is 0 Å². The molecule has 0 N–H and O–H groups in total. The van der Waals surface area contributed by atoms with Gasteiger partial charge in [0.25, 0.3) is 0 Å². The molecule has 1 fully saturated rings. The van der Waals surface area contributed by atoms with Gasteiger partial charge >= 0.3 is 7.12 Å². The topological polar surface area (TPSA) is 18.5 Å². The van der Waals surface area contributed by atoms with Crippen molar-refractivity contribution in [3.63, 3.8) is 0 Å². The van der Waals surface area contributed by atoms with Crippen molar-refractivity contribution in [2.45, 2.75) is 45.4 Å². The SMILES string of the molecule is CCCCCCCC1COB(c2ccc(-c3cc(F)c(F)c(F)c3)cc2)OC1. The smallest absolute Gasteiger partial charge is 0.407 e. The van der Waals surface area contributed by atoms with Crippen LogP contribution in [-0.2, 0) is 9.31 Å². The van der Waals surface area contributed by atoms with Crippen LogP contribution < -0.4 is 5.46 Å². The van der Waals surface area contributed by atoms with E-state index in [0.29, 0.717) is 24.7 Å². The lowest BCUT2D eigenvalue weighted by atomic mass is 9.76. The van der Waals surface area contributed by atoms with Crippen molar-refractivity contribution in [3.05, 3.63) is 53.8 Å². The number of unbranched alkanes of at least 4 members (excludes halogenated alkanes) is 4. The zero-order chi connectivity index (χ0) is 19.9. The summed E-state index contributed by atoms with van der Waals surface area (Å²) in [5.74, 6) is -3.41. The first kappa shape index (κ1) is 20.9. The Morgan fingerprint density at radius 2 is 1.46 bits per heavy atom. The molecular formula is C22H26BF3O2. The molecule has 6 heteroatoms. The average molecular weight is 390 g/mol. The van der Waals surface area contributed by atoms with Gasteiger partial charge in [-0.3, -0.25) is 0 Å². The van der Waals surface area contributed by atoms with E-state index in [0.717, 1.165) is 24.0 Å². The minimum atomic E-state index is -1.45. The first-order valence-corrected chi connectivity index (χ1v) is 10.1. The molecule has 0 spiro atoms. The van der Waals surface area contributed by atoms with Crippen LogP contribution in [0.1, 0.15) is 45.4 Å². The van der Waals surface area contributed by atoms with Crippen molar-refractivity contribution < 1.29 is 22.5 Å². The van der Waals surface area contributed by atoms with E-state index in [-0.39, 0.29) is 5.56 Å². The second-order valence-corrected chi connectivity index (χ2v) is 7.44. The molecule has 2 nitrogen and oxygen atoms in total. The molecule has 150 valence electrons. The van der Waals surface area contributed by atoms with E-state index in [9.17, 15) is 13.2 Å². The fraction of sp³-hybridized carbons (Fsp3) is 0.455. The van der Waals surface area contributed by atoms with Crippen molar-refractivity contribution in [1.82, 2.24) is 0 Å². The fourth-order valence-corrected chi connectivity index (χ4v) is 3.49. The van der Waals surface area contributed by atoms with Gasteiger partial charge in [-0.1, -0.05) is 63.3 Å². The van der Waals surface area contributed by atoms with Crippen LogP contribution in [0.3, 0.4) is 0 Å². The van der Waals surface area contributed by atoms with Crippen LogP contribution in [0.25, 0.3) is 11.1 Å². The molecule has 0 radical (unpaired) electrons. The van der Waals surface area contributed by atoms with E-state index in [1.54, 1.807) is 12.1 Å². The molecule has 0 amide bonds. The maximum absolute atomic E-state index is 13.4. The number of hydrogen-bond acceptors (Lipinski definition) is 2. The number of hydrogen-bond donors (Lipinski definition) is 0. The van der Waals surface area contributed by atoms with Crippen LogP contribution in [0.15, 0.2) is 36.4 Å². The van der Waals surface area contributed by atoms with Crippen LogP contribution in [0, 0.1) is 23.4 Å². The summed E-state index contributed by atoms with van der Waals surface area (Å²) >= 11 is 0. The van der Waals surface area contributed by atoms with E-state index in [1.165, 1.54) is 32.1 Å². The monoisotopic (exact) mass is 390 g/mol. The summed E-state index contributed by atoms with van der Waals surface area (Å²) in [6, 6.07) is 9.06. The number of rotatable bonds is 8. The molecule has 28 heavy (non-hydrogen) atoms. The summed E-state index contributed by atoms with van der Waals surface area (Å²) in [6.07, 6.45) is 7.44. The van der Waals surface area contributed by atoms with Gasteiger partial charge in [0.05, 0.1) is 0 Å². The molecule has 2 aromatic carbocycles. The lowest BCUT2D eigenvalue weighted by Gasteiger charge is -2.27. The van der Waals surface area contributed by atoms with Gasteiger partial charge in [0.2, 0.25) is 0 Å². The maximum atomic E-state index is 13.4. The highest BCUT2D eigenvalue weighted by Crippen LogP contribution is 2.24. The van der Waals surface area contributed by atoms with Gasteiger partial charge in [-0.25, -0.2) is 13.2 Å². The van der Waals surface area contributed by atoms with E-state index < -0.39 is 24.6 Å². The van der Waals surface area contributed by atoms with Crippen LogP contribution in [-0.4, -0.2) is 20.3 Å². The third kappa shape index (κ3) is 5.39. The van der Waals surface area contributed by atoms with Gasteiger partial charge < -0.3 is 9.31 Å². The molecule has 0 atom stereocenters. The summed E-state index contributed by atoms with van der Waals surface area (Å²) in [5.41, 5.74) is 1.74. The molecule has 0 aliphatic carbocycles. The van der Waals surface area contributed by atoms with Crippen molar-refractivity contribution in [2.24, 2.45) is 5.92 Å². The summed E-state index contributed by atoms with van der Waals surface area (Å²) in [4.78, 5) is 0. The van der Waals surface area contributed by atoms with Gasteiger partial charge in [-0.15, -0.1) is 0 Å². The molecule has 1 aliphatic heterocycles. The molecule has 2 aromatic rings. The molecule has 0 bridgehead atoms. The Kier molecular flexibility index (Phi) is 7.57. The Morgan fingerprint density at radius 3 is 2.07 bits per heavy atom. The summed E-state index contributed by atoms with van der Waals surface area (Å²) in [5, 5.41) is 0. The standard InChI is InChI=1S/C22H26BF3O2/c1-2-3-4-5-6-7-16-14-27-23(28-15-16)19-10-8-17(9-11-19)18-12-20(24)22(26)21(25)13-18/h8-13,16H,2-7,14-15H2,1H3. The molecule has 1 heterocycles. The van der Waals surface area contributed by atoms with Crippen LogP contribution in [0.2, 0.25) is 0 Å². The van der Waals surface area contributed by atoms with Crippen LogP contribution in [0.4, 0.5) is 13.2 Å². The summed E-state index contributed by atoms with van der Waals surface area (Å²) < 4.78 is 51.7. The fourth-order valence-electron chi connectivity index (χ4n) is 3.49. The predicted molar refractivity (Wildman–Crippen MR) is 106 cm³/mol. The summed E-state index contributed by atoms with van der Waals surface area (Å²) in [7, 11) is -0.424. The first-order valence-electron chi connectivity index (χ1n) is 10.1. The minimum Gasteiger partial charge on any atom is -0.407 e. The zero-order valence-electron chi connectivity index (χ0n) is 16.2. The predicted octanol–water partition coefficient (Wildman–Crippen LogP) is 5.49. The first-order chi connectivity index (χ1) is 13.6. The molecule has 1 saturated heterocycles. The maximum Gasteiger partial charge on any atom is 0.493 e. The third-order valence-corrected chi connectivity index (χ3v) is 5.18. The quantitative estimate of drug-likeness (QED) is 0.337. The van der Waals surface area contributed by atoms with E-state index in [1.807, 2.05) is 12.1 Å². The van der Waals surface area contributed by atoms with Crippen molar-refractivity contribution in [2.75, 3.05) is 13.2 Å². The molecule has 0 unspecified atom stereocenters. The molecule has 3 rings (SSSR count). The Labute approximate surface area is 165 Å². The lowest BCUT2D eigenvalue weighted by molar-refractivity contribution is 0.0810. The van der Waals surface area contributed by atoms with E-state index in [2.05, 4.69) is 6.92 Å². The zero-order valence-corrected chi connectivity index (χ0v) is 16.2. The van der Waals surface area contributed by atoms with Crippen LogP contribution >= 0.6 is 0 Å². The van der Waals surface area contributed by atoms with Crippen molar-refractivity contribution in [3.8, 4) is 11.1 Å². The van der Waals surface area contributed by atoms with Gasteiger partial charge in [-0.2, -0.15) is 0 Å². The third-order valence-electron chi connectivity index (χ3n) is 5.18. The molecule has 1 aliphatic rings. The number of halogens is 3. The van der Waals surface area contributed by atoms with E-state index >= 15 is 0 Å². The Balaban J connectivity index is 1.52. The highest BCUT2D eigenvalue weighted by molar-refractivity contribution is 6.61. The van der Waals surface area contributed by atoms with Gasteiger partial charge in [0.1, 0.15) is 0 Å². The highest BCUT2D eigenvalue weighted by atomic mass is 19.2. The van der Waals surface area contributed by atoms with Gasteiger partial charge in [0.15, 0.2) is 17.5 Å². The van der Waals surface area contributed by atoms with Crippen molar-refractivity contribution >= 4 is 12.6 Å². The lowest BCUT2D eigenvalue weighted by Crippen LogP contribution is -2.44. The van der Waals surface area contributed by atoms with E-state index in [4.69, 9.17) is 9.31 Å². The largest absolute Gasteiger partial charge is 0.493 e. The van der Waals surface area contributed by atoms with Gasteiger partial charge in [0, 0.05) is 19.1 Å². The number of benzene rings is 2. The second kappa shape index (κ2) is 10.1. The molecule has 0 saturated carbocycles. The normalized spacial score (nSPS) is 15.2.